The third kappa shape index (κ3) is 1.03. The van der Waals surface area contributed by atoms with E-state index in [2.05, 4.69) is 45.0 Å². The monoisotopic (exact) mass is 258 g/mol. The van der Waals surface area contributed by atoms with E-state index < -0.39 is 0 Å². The molecule has 0 atom stereocenters. The Balaban J connectivity index is 2.93. The van der Waals surface area contributed by atoms with Gasteiger partial charge < -0.3 is 4.40 Å². The number of pyridine rings is 1. The number of nitrogens with zero attached hydrogens (tertiary/aromatic N) is 2. The zero-order valence-electron chi connectivity index (χ0n) is 6.08. The van der Waals surface area contributed by atoms with E-state index in [0.717, 1.165) is 5.65 Å². The second-order valence-corrected chi connectivity index (χ2v) is 3.58. The van der Waals surface area contributed by atoms with Gasteiger partial charge in [0.2, 0.25) is 0 Å². The summed E-state index contributed by atoms with van der Waals surface area (Å²) >= 11 is 2.32. The summed E-state index contributed by atoms with van der Waals surface area (Å²) in [6.45, 7) is 2.09. The second-order valence-electron chi connectivity index (χ2n) is 2.42. The molecule has 2 nitrogen and oxygen atoms in total. The van der Waals surface area contributed by atoms with E-state index in [9.17, 15) is 0 Å². The van der Waals surface area contributed by atoms with Crippen molar-refractivity contribution in [2.75, 3.05) is 0 Å². The molecule has 0 aliphatic rings. The lowest BCUT2D eigenvalue weighted by Crippen LogP contribution is -1.91. The number of aromatic nitrogens is 2. The van der Waals surface area contributed by atoms with Gasteiger partial charge in [-0.15, -0.1) is 0 Å². The van der Waals surface area contributed by atoms with Crippen LogP contribution in [0.3, 0.4) is 0 Å². The molecule has 56 valence electrons. The zero-order valence-corrected chi connectivity index (χ0v) is 8.24. The summed E-state index contributed by atoms with van der Waals surface area (Å²) in [5.74, 6) is 0. The minimum Gasteiger partial charge on any atom is -0.303 e. The van der Waals surface area contributed by atoms with Crippen molar-refractivity contribution in [3.8, 4) is 0 Å². The van der Waals surface area contributed by atoms with Crippen molar-refractivity contribution < 1.29 is 0 Å². The van der Waals surface area contributed by atoms with Gasteiger partial charge in [0.1, 0.15) is 5.65 Å². The summed E-state index contributed by atoms with van der Waals surface area (Å²) in [5.41, 5.74) is 2.27. The van der Waals surface area contributed by atoms with Gasteiger partial charge >= 0.3 is 0 Å². The zero-order chi connectivity index (χ0) is 7.84. The smallest absolute Gasteiger partial charge is 0.136 e. The van der Waals surface area contributed by atoms with Crippen LogP contribution in [-0.2, 0) is 0 Å². The van der Waals surface area contributed by atoms with Crippen molar-refractivity contribution in [3.05, 3.63) is 33.8 Å². The minimum absolute atomic E-state index is 1.02. The summed E-state index contributed by atoms with van der Waals surface area (Å²) in [5, 5.41) is 0. The molecule has 0 fully saturated rings. The topological polar surface area (TPSA) is 17.3 Å². The number of halogens is 1. The standard InChI is InChI=1S/C8H7IN2/c1-6-7(9)2-3-8-10-4-5-11(6)8/h2-5H,1H3. The highest BCUT2D eigenvalue weighted by molar-refractivity contribution is 14.1. The molecule has 2 heterocycles. The molecule has 2 aromatic rings. The molecule has 0 saturated carbocycles. The third-order valence-electron chi connectivity index (χ3n) is 1.76. The fourth-order valence-corrected chi connectivity index (χ4v) is 1.54. The summed E-state index contributed by atoms with van der Waals surface area (Å²) in [6.07, 6.45) is 3.80. The molecule has 0 N–H and O–H groups in total. The summed E-state index contributed by atoms with van der Waals surface area (Å²) in [7, 11) is 0. The Kier molecular flexibility index (Phi) is 1.60. The van der Waals surface area contributed by atoms with Crippen LogP contribution < -0.4 is 0 Å². The van der Waals surface area contributed by atoms with E-state index in [0.29, 0.717) is 0 Å². The largest absolute Gasteiger partial charge is 0.303 e. The van der Waals surface area contributed by atoms with Gasteiger partial charge in [0, 0.05) is 21.7 Å². The van der Waals surface area contributed by atoms with Crippen molar-refractivity contribution in [1.29, 1.82) is 0 Å². The van der Waals surface area contributed by atoms with Crippen LogP contribution in [0.15, 0.2) is 24.5 Å². The van der Waals surface area contributed by atoms with Crippen LogP contribution in [0.4, 0.5) is 0 Å². The average Bonchev–Trinajstić information content (AvgIpc) is 2.45. The molecule has 0 unspecified atom stereocenters. The van der Waals surface area contributed by atoms with Gasteiger partial charge in [-0.3, -0.25) is 0 Å². The van der Waals surface area contributed by atoms with Gasteiger partial charge in [0.25, 0.3) is 0 Å². The normalized spacial score (nSPS) is 10.7. The van der Waals surface area contributed by atoms with Gasteiger partial charge in [-0.05, 0) is 41.6 Å². The summed E-state index contributed by atoms with van der Waals surface area (Å²) < 4.78 is 3.36. The predicted molar refractivity (Wildman–Crippen MR) is 52.6 cm³/mol. The van der Waals surface area contributed by atoms with Crippen molar-refractivity contribution in [3.63, 3.8) is 0 Å². The molecular formula is C8H7IN2. The molecule has 0 amide bonds. The first-order valence-corrected chi connectivity index (χ1v) is 4.45. The highest BCUT2D eigenvalue weighted by atomic mass is 127. The Morgan fingerprint density at radius 1 is 1.45 bits per heavy atom. The number of imidazole rings is 1. The van der Waals surface area contributed by atoms with E-state index in [1.807, 2.05) is 18.5 Å². The molecule has 0 saturated heterocycles. The Labute approximate surface area is 78.4 Å². The Hall–Kier alpha value is -0.580. The number of rotatable bonds is 0. The molecule has 0 aromatic carbocycles. The first-order chi connectivity index (χ1) is 5.29. The van der Waals surface area contributed by atoms with Crippen LogP contribution in [0.2, 0.25) is 0 Å². The third-order valence-corrected chi connectivity index (χ3v) is 2.90. The fourth-order valence-electron chi connectivity index (χ4n) is 1.11. The van der Waals surface area contributed by atoms with Gasteiger partial charge in [0.15, 0.2) is 0 Å². The molecule has 0 aliphatic carbocycles. The highest BCUT2D eigenvalue weighted by Crippen LogP contribution is 2.12. The average molecular weight is 258 g/mol. The van der Waals surface area contributed by atoms with E-state index in [-0.39, 0.29) is 0 Å². The van der Waals surface area contributed by atoms with Crippen LogP contribution >= 0.6 is 22.6 Å². The molecule has 0 spiro atoms. The Morgan fingerprint density at radius 3 is 3.09 bits per heavy atom. The second kappa shape index (κ2) is 2.48. The summed E-state index contributed by atoms with van der Waals surface area (Å²) in [6, 6.07) is 4.10. The van der Waals surface area contributed by atoms with E-state index in [1.165, 1.54) is 9.26 Å². The van der Waals surface area contributed by atoms with Crippen molar-refractivity contribution in [2.45, 2.75) is 6.92 Å². The molecule has 2 aromatic heterocycles. The Bertz CT molecular complexity index is 392. The maximum atomic E-state index is 4.18. The van der Waals surface area contributed by atoms with Crippen molar-refractivity contribution >= 4 is 28.2 Å². The molecule has 2 rings (SSSR count). The van der Waals surface area contributed by atoms with Gasteiger partial charge in [0.05, 0.1) is 0 Å². The maximum absolute atomic E-state index is 4.18. The van der Waals surface area contributed by atoms with Gasteiger partial charge in [-0.2, -0.15) is 0 Å². The first-order valence-electron chi connectivity index (χ1n) is 3.37. The van der Waals surface area contributed by atoms with Crippen molar-refractivity contribution in [2.24, 2.45) is 0 Å². The van der Waals surface area contributed by atoms with E-state index >= 15 is 0 Å². The number of aryl methyl sites for hydroxylation is 1. The van der Waals surface area contributed by atoms with Crippen LogP contribution in [0.1, 0.15) is 5.69 Å². The minimum atomic E-state index is 1.02. The number of hydrogen-bond acceptors (Lipinski definition) is 1. The van der Waals surface area contributed by atoms with Gasteiger partial charge in [-0.25, -0.2) is 4.98 Å². The maximum Gasteiger partial charge on any atom is 0.136 e. The fraction of sp³-hybridized carbons (Fsp3) is 0.125. The number of fused-ring (bicyclic) bond motifs is 1. The SMILES string of the molecule is Cc1c(I)ccc2nccn12. The molecule has 0 aliphatic heterocycles. The van der Waals surface area contributed by atoms with Crippen LogP contribution in [0.25, 0.3) is 5.65 Å². The molecular weight excluding hydrogens is 251 g/mol. The van der Waals surface area contributed by atoms with Gasteiger partial charge in [-0.1, -0.05) is 0 Å². The molecule has 0 bridgehead atoms. The van der Waals surface area contributed by atoms with Crippen LogP contribution in [0, 0.1) is 10.5 Å². The van der Waals surface area contributed by atoms with Crippen LogP contribution in [-0.4, -0.2) is 9.38 Å². The molecule has 11 heavy (non-hydrogen) atoms. The molecule has 3 heteroatoms. The van der Waals surface area contributed by atoms with E-state index in [4.69, 9.17) is 0 Å². The lowest BCUT2D eigenvalue weighted by Gasteiger charge is -2.00. The predicted octanol–water partition coefficient (Wildman–Crippen LogP) is 2.25. The van der Waals surface area contributed by atoms with Crippen LogP contribution in [0.5, 0.6) is 0 Å². The first kappa shape index (κ1) is 7.09. The van der Waals surface area contributed by atoms with E-state index in [1.54, 1.807) is 0 Å². The molecule has 0 radical (unpaired) electrons. The quantitative estimate of drug-likeness (QED) is 0.662. The number of hydrogen-bond donors (Lipinski definition) is 0. The van der Waals surface area contributed by atoms with Crippen molar-refractivity contribution in [1.82, 2.24) is 9.38 Å². The summed E-state index contributed by atoms with van der Waals surface area (Å²) in [4.78, 5) is 4.18. The lowest BCUT2D eigenvalue weighted by atomic mass is 10.4. The highest BCUT2D eigenvalue weighted by Gasteiger charge is 1.98. The lowest BCUT2D eigenvalue weighted by molar-refractivity contribution is 1.08. The Morgan fingerprint density at radius 2 is 2.27 bits per heavy atom.